The van der Waals surface area contributed by atoms with Crippen molar-refractivity contribution >= 4 is 0 Å². The molecule has 1 aliphatic heterocycles. The van der Waals surface area contributed by atoms with Gasteiger partial charge in [-0.2, -0.15) is 0 Å². The van der Waals surface area contributed by atoms with E-state index in [2.05, 4.69) is 4.90 Å². The zero-order valence-corrected chi connectivity index (χ0v) is 9.58. The molecule has 1 atom stereocenters. The fraction of sp³-hybridized carbons (Fsp3) is 1.00. The van der Waals surface area contributed by atoms with Gasteiger partial charge in [0.1, 0.15) is 0 Å². The number of ether oxygens (including phenoxy) is 2. The van der Waals surface area contributed by atoms with E-state index in [9.17, 15) is 0 Å². The van der Waals surface area contributed by atoms with E-state index < -0.39 is 0 Å². The molecule has 0 aromatic carbocycles. The molecule has 2 aliphatic rings. The van der Waals surface area contributed by atoms with Crippen LogP contribution in [-0.4, -0.2) is 56.5 Å². The minimum atomic E-state index is 0.0969. The lowest BCUT2D eigenvalue weighted by Gasteiger charge is -2.39. The summed E-state index contributed by atoms with van der Waals surface area (Å²) in [6.07, 6.45) is 3.70. The van der Waals surface area contributed by atoms with Gasteiger partial charge in [0, 0.05) is 32.8 Å². The first kappa shape index (κ1) is 11.3. The first-order valence-electron chi connectivity index (χ1n) is 5.86. The van der Waals surface area contributed by atoms with Gasteiger partial charge < -0.3 is 15.2 Å². The Morgan fingerprint density at radius 2 is 2.33 bits per heavy atom. The Hall–Kier alpha value is -0.160. The molecule has 0 aromatic rings. The van der Waals surface area contributed by atoms with Crippen molar-refractivity contribution in [1.82, 2.24) is 4.90 Å². The smallest absolute Gasteiger partial charge is 0.0663 e. The summed E-state index contributed by atoms with van der Waals surface area (Å²) in [6.45, 7) is 4.13. The van der Waals surface area contributed by atoms with Crippen molar-refractivity contribution in [2.24, 2.45) is 5.73 Å². The molecule has 1 saturated heterocycles. The largest absolute Gasteiger partial charge is 0.383 e. The van der Waals surface area contributed by atoms with Crippen LogP contribution in [0.2, 0.25) is 0 Å². The second-order valence-electron chi connectivity index (χ2n) is 4.65. The fourth-order valence-corrected chi connectivity index (χ4v) is 2.48. The third kappa shape index (κ3) is 2.33. The van der Waals surface area contributed by atoms with Gasteiger partial charge in [0.05, 0.1) is 18.8 Å². The molecule has 1 unspecified atom stereocenters. The number of hydrogen-bond acceptors (Lipinski definition) is 4. The second-order valence-corrected chi connectivity index (χ2v) is 4.65. The maximum atomic E-state index is 5.94. The van der Waals surface area contributed by atoms with Gasteiger partial charge in [-0.25, -0.2) is 0 Å². The van der Waals surface area contributed by atoms with E-state index in [-0.39, 0.29) is 5.54 Å². The maximum Gasteiger partial charge on any atom is 0.0663 e. The van der Waals surface area contributed by atoms with Crippen LogP contribution in [0.5, 0.6) is 0 Å². The SMILES string of the molecule is COCCN(C1CC1)C1(CN)CCOC1. The van der Waals surface area contributed by atoms with Crippen molar-refractivity contribution < 1.29 is 9.47 Å². The number of hydrogen-bond donors (Lipinski definition) is 1. The molecule has 88 valence electrons. The summed E-state index contributed by atoms with van der Waals surface area (Å²) in [5.74, 6) is 0. The highest BCUT2D eigenvalue weighted by Crippen LogP contribution is 2.36. The van der Waals surface area contributed by atoms with E-state index in [0.717, 1.165) is 38.8 Å². The molecule has 0 aromatic heterocycles. The maximum absolute atomic E-state index is 5.94. The molecule has 0 radical (unpaired) electrons. The minimum Gasteiger partial charge on any atom is -0.383 e. The van der Waals surface area contributed by atoms with E-state index in [1.54, 1.807) is 7.11 Å². The van der Waals surface area contributed by atoms with Crippen LogP contribution in [0.15, 0.2) is 0 Å². The lowest BCUT2D eigenvalue weighted by molar-refractivity contribution is 0.0413. The predicted molar refractivity (Wildman–Crippen MR) is 58.8 cm³/mol. The van der Waals surface area contributed by atoms with Crippen LogP contribution in [0.4, 0.5) is 0 Å². The number of nitrogens with zero attached hydrogens (tertiary/aromatic N) is 1. The van der Waals surface area contributed by atoms with Gasteiger partial charge in [0.15, 0.2) is 0 Å². The Balaban J connectivity index is 2.00. The van der Waals surface area contributed by atoms with Crippen molar-refractivity contribution in [3.8, 4) is 0 Å². The molecule has 1 aliphatic carbocycles. The molecule has 0 spiro atoms. The molecular formula is C11H22N2O2. The predicted octanol–water partition coefficient (Wildman–Crippen LogP) is 0.215. The third-order valence-corrected chi connectivity index (χ3v) is 3.60. The highest BCUT2D eigenvalue weighted by molar-refractivity contribution is 5.01. The lowest BCUT2D eigenvalue weighted by Crippen LogP contribution is -2.56. The van der Waals surface area contributed by atoms with Gasteiger partial charge in [0.25, 0.3) is 0 Å². The normalized spacial score (nSPS) is 31.4. The Bertz CT molecular complexity index is 201. The number of methoxy groups -OCH3 is 1. The quantitative estimate of drug-likeness (QED) is 0.687. The lowest BCUT2D eigenvalue weighted by atomic mass is 9.96. The van der Waals surface area contributed by atoms with Crippen LogP contribution in [0.25, 0.3) is 0 Å². The number of rotatable bonds is 6. The van der Waals surface area contributed by atoms with E-state index >= 15 is 0 Å². The summed E-state index contributed by atoms with van der Waals surface area (Å²) in [5, 5.41) is 0. The van der Waals surface area contributed by atoms with Gasteiger partial charge >= 0.3 is 0 Å². The van der Waals surface area contributed by atoms with Gasteiger partial charge in [-0.3, -0.25) is 4.90 Å². The molecular weight excluding hydrogens is 192 g/mol. The third-order valence-electron chi connectivity index (χ3n) is 3.60. The summed E-state index contributed by atoms with van der Waals surface area (Å²) < 4.78 is 10.7. The van der Waals surface area contributed by atoms with Crippen molar-refractivity contribution in [3.05, 3.63) is 0 Å². The van der Waals surface area contributed by atoms with Crippen molar-refractivity contribution in [1.29, 1.82) is 0 Å². The summed E-state index contributed by atoms with van der Waals surface area (Å²) in [4.78, 5) is 2.53. The Morgan fingerprint density at radius 1 is 1.53 bits per heavy atom. The summed E-state index contributed by atoms with van der Waals surface area (Å²) in [5.41, 5.74) is 6.04. The van der Waals surface area contributed by atoms with Crippen LogP contribution in [-0.2, 0) is 9.47 Å². The van der Waals surface area contributed by atoms with E-state index in [4.69, 9.17) is 15.2 Å². The number of nitrogens with two attached hydrogens (primary N) is 1. The van der Waals surface area contributed by atoms with Crippen molar-refractivity contribution in [2.45, 2.75) is 30.8 Å². The fourth-order valence-electron chi connectivity index (χ4n) is 2.48. The van der Waals surface area contributed by atoms with Crippen LogP contribution < -0.4 is 5.73 Å². The molecule has 0 bridgehead atoms. The minimum absolute atomic E-state index is 0.0969. The Labute approximate surface area is 91.7 Å². The van der Waals surface area contributed by atoms with Crippen LogP contribution in [0.3, 0.4) is 0 Å². The van der Waals surface area contributed by atoms with E-state index in [0.29, 0.717) is 6.54 Å². The molecule has 2 N–H and O–H groups in total. The molecule has 2 fully saturated rings. The highest BCUT2D eigenvalue weighted by Gasteiger charge is 2.45. The monoisotopic (exact) mass is 214 g/mol. The van der Waals surface area contributed by atoms with Gasteiger partial charge in [-0.1, -0.05) is 0 Å². The molecule has 2 rings (SSSR count). The second kappa shape index (κ2) is 4.78. The zero-order valence-electron chi connectivity index (χ0n) is 9.58. The summed E-state index contributed by atoms with van der Waals surface area (Å²) in [7, 11) is 1.76. The summed E-state index contributed by atoms with van der Waals surface area (Å²) in [6, 6.07) is 0.727. The van der Waals surface area contributed by atoms with Gasteiger partial charge in [-0.05, 0) is 19.3 Å². The van der Waals surface area contributed by atoms with Crippen LogP contribution in [0.1, 0.15) is 19.3 Å². The van der Waals surface area contributed by atoms with E-state index in [1.165, 1.54) is 12.8 Å². The van der Waals surface area contributed by atoms with Gasteiger partial charge in [-0.15, -0.1) is 0 Å². The average Bonchev–Trinajstić information content (AvgIpc) is 2.97. The molecule has 1 saturated carbocycles. The van der Waals surface area contributed by atoms with E-state index in [1.807, 2.05) is 0 Å². The van der Waals surface area contributed by atoms with Crippen LogP contribution >= 0.6 is 0 Å². The average molecular weight is 214 g/mol. The Morgan fingerprint density at radius 3 is 2.80 bits per heavy atom. The molecule has 4 nitrogen and oxygen atoms in total. The first-order chi connectivity index (χ1) is 7.32. The first-order valence-corrected chi connectivity index (χ1v) is 5.86. The van der Waals surface area contributed by atoms with Gasteiger partial charge in [0.2, 0.25) is 0 Å². The zero-order chi connectivity index (χ0) is 10.7. The topological polar surface area (TPSA) is 47.7 Å². The molecule has 0 amide bonds. The molecule has 15 heavy (non-hydrogen) atoms. The molecule has 1 heterocycles. The highest BCUT2D eigenvalue weighted by atomic mass is 16.5. The molecule has 4 heteroatoms. The van der Waals surface area contributed by atoms with Crippen LogP contribution in [0, 0.1) is 0 Å². The van der Waals surface area contributed by atoms with Crippen molar-refractivity contribution in [2.75, 3.05) is 40.0 Å². The Kier molecular flexibility index (Phi) is 3.61. The van der Waals surface area contributed by atoms with Crippen molar-refractivity contribution in [3.63, 3.8) is 0 Å². The summed E-state index contributed by atoms with van der Waals surface area (Å²) >= 11 is 0. The standard InChI is InChI=1S/C11H22N2O2/c1-14-7-5-13(10-2-3-10)11(8-12)4-6-15-9-11/h10H,2-9,12H2,1H3.